The zero-order valence-corrected chi connectivity index (χ0v) is 13.1. The summed E-state index contributed by atoms with van der Waals surface area (Å²) in [5.41, 5.74) is 3.34. The Hall–Kier alpha value is -2.49. The summed E-state index contributed by atoms with van der Waals surface area (Å²) in [6.45, 7) is 4.93. The SMILES string of the molecule is COc1ccc(C(=O)O)cc1NCc1ccc(C(C)C)cc1. The molecule has 2 rings (SSSR count). The normalized spacial score (nSPS) is 10.5. The molecule has 2 aromatic rings. The van der Waals surface area contributed by atoms with Gasteiger partial charge in [-0.2, -0.15) is 0 Å². The quantitative estimate of drug-likeness (QED) is 0.842. The van der Waals surface area contributed by atoms with Crippen LogP contribution in [0.15, 0.2) is 42.5 Å². The molecule has 0 unspecified atom stereocenters. The molecule has 0 heterocycles. The Morgan fingerprint density at radius 2 is 1.86 bits per heavy atom. The molecule has 0 aliphatic heterocycles. The molecular weight excluding hydrogens is 278 g/mol. The first kappa shape index (κ1) is 15.9. The highest BCUT2D eigenvalue weighted by Crippen LogP contribution is 2.26. The third-order valence-electron chi connectivity index (χ3n) is 3.58. The zero-order valence-electron chi connectivity index (χ0n) is 13.1. The minimum atomic E-state index is -0.952. The minimum Gasteiger partial charge on any atom is -0.495 e. The Labute approximate surface area is 130 Å². The van der Waals surface area contributed by atoms with Crippen LogP contribution in [0.2, 0.25) is 0 Å². The second-order valence-corrected chi connectivity index (χ2v) is 5.47. The van der Waals surface area contributed by atoms with E-state index in [1.807, 2.05) is 0 Å². The molecule has 0 bridgehead atoms. The molecule has 0 atom stereocenters. The van der Waals surface area contributed by atoms with Gasteiger partial charge in [-0.25, -0.2) is 4.79 Å². The van der Waals surface area contributed by atoms with Crippen LogP contribution in [0, 0.1) is 0 Å². The van der Waals surface area contributed by atoms with Crippen molar-refractivity contribution in [3.8, 4) is 5.75 Å². The fourth-order valence-electron chi connectivity index (χ4n) is 2.20. The van der Waals surface area contributed by atoms with E-state index in [-0.39, 0.29) is 5.56 Å². The molecule has 0 spiro atoms. The van der Waals surface area contributed by atoms with Gasteiger partial charge in [-0.3, -0.25) is 0 Å². The van der Waals surface area contributed by atoms with Gasteiger partial charge < -0.3 is 15.2 Å². The van der Waals surface area contributed by atoms with Crippen LogP contribution in [-0.2, 0) is 6.54 Å². The number of nitrogens with one attached hydrogen (secondary N) is 1. The monoisotopic (exact) mass is 299 g/mol. The molecule has 0 amide bonds. The van der Waals surface area contributed by atoms with Crippen LogP contribution in [0.25, 0.3) is 0 Å². The van der Waals surface area contributed by atoms with Gasteiger partial charge in [0.05, 0.1) is 18.4 Å². The molecule has 4 heteroatoms. The van der Waals surface area contributed by atoms with Crippen molar-refractivity contribution in [1.29, 1.82) is 0 Å². The van der Waals surface area contributed by atoms with E-state index in [4.69, 9.17) is 9.84 Å². The summed E-state index contributed by atoms with van der Waals surface area (Å²) in [7, 11) is 1.57. The molecule has 0 aliphatic carbocycles. The highest BCUT2D eigenvalue weighted by molar-refractivity contribution is 5.89. The molecule has 2 aromatic carbocycles. The molecule has 0 aromatic heterocycles. The van der Waals surface area contributed by atoms with Gasteiger partial charge in [0.15, 0.2) is 0 Å². The van der Waals surface area contributed by atoms with Crippen LogP contribution in [0.5, 0.6) is 5.75 Å². The largest absolute Gasteiger partial charge is 0.495 e. The first-order valence-corrected chi connectivity index (χ1v) is 7.25. The second-order valence-electron chi connectivity index (χ2n) is 5.47. The zero-order chi connectivity index (χ0) is 16.1. The summed E-state index contributed by atoms with van der Waals surface area (Å²) < 4.78 is 5.26. The number of carboxylic acid groups (broad SMARTS) is 1. The molecule has 2 N–H and O–H groups in total. The predicted octanol–water partition coefficient (Wildman–Crippen LogP) is 4.13. The third kappa shape index (κ3) is 3.79. The number of carboxylic acids is 1. The topological polar surface area (TPSA) is 58.6 Å². The number of anilines is 1. The number of rotatable bonds is 6. The van der Waals surface area contributed by atoms with Crippen LogP contribution >= 0.6 is 0 Å². The third-order valence-corrected chi connectivity index (χ3v) is 3.58. The van der Waals surface area contributed by atoms with Gasteiger partial charge in [-0.15, -0.1) is 0 Å². The number of hydrogen-bond donors (Lipinski definition) is 2. The molecule has 0 fully saturated rings. The molecule has 0 radical (unpaired) electrons. The van der Waals surface area contributed by atoms with E-state index in [9.17, 15) is 4.79 Å². The first-order valence-electron chi connectivity index (χ1n) is 7.25. The van der Waals surface area contributed by atoms with Crippen LogP contribution in [0.1, 0.15) is 41.3 Å². The Bertz CT molecular complexity index is 648. The number of hydrogen-bond acceptors (Lipinski definition) is 3. The smallest absolute Gasteiger partial charge is 0.335 e. The Kier molecular flexibility index (Phi) is 5.04. The van der Waals surface area contributed by atoms with Gasteiger partial charge in [0.25, 0.3) is 0 Å². The van der Waals surface area contributed by atoms with Crippen molar-refractivity contribution >= 4 is 11.7 Å². The van der Waals surface area contributed by atoms with Gasteiger partial charge in [0, 0.05) is 6.54 Å². The van der Waals surface area contributed by atoms with Crippen LogP contribution in [0.3, 0.4) is 0 Å². The van der Waals surface area contributed by atoms with Crippen molar-refractivity contribution in [3.63, 3.8) is 0 Å². The Balaban J connectivity index is 2.13. The summed E-state index contributed by atoms with van der Waals surface area (Å²) >= 11 is 0. The van der Waals surface area contributed by atoms with E-state index in [1.165, 1.54) is 11.6 Å². The number of benzene rings is 2. The molecular formula is C18H21NO3. The Morgan fingerprint density at radius 3 is 2.41 bits per heavy atom. The van der Waals surface area contributed by atoms with Crippen molar-refractivity contribution in [2.24, 2.45) is 0 Å². The maximum absolute atomic E-state index is 11.1. The van der Waals surface area contributed by atoms with Crippen LogP contribution in [0.4, 0.5) is 5.69 Å². The molecule has 22 heavy (non-hydrogen) atoms. The van der Waals surface area contributed by atoms with E-state index in [2.05, 4.69) is 43.4 Å². The molecule has 116 valence electrons. The van der Waals surface area contributed by atoms with Gasteiger partial charge in [0.1, 0.15) is 5.75 Å². The second kappa shape index (κ2) is 6.98. The van der Waals surface area contributed by atoms with Gasteiger partial charge in [-0.1, -0.05) is 38.1 Å². The average molecular weight is 299 g/mol. The summed E-state index contributed by atoms with van der Waals surface area (Å²) in [4.78, 5) is 11.1. The van der Waals surface area contributed by atoms with Crippen molar-refractivity contribution in [1.82, 2.24) is 0 Å². The van der Waals surface area contributed by atoms with Gasteiger partial charge >= 0.3 is 5.97 Å². The van der Waals surface area contributed by atoms with Crippen molar-refractivity contribution in [2.75, 3.05) is 12.4 Å². The summed E-state index contributed by atoms with van der Waals surface area (Å²) in [5, 5.41) is 12.3. The molecule has 4 nitrogen and oxygen atoms in total. The average Bonchev–Trinajstić information content (AvgIpc) is 2.52. The highest BCUT2D eigenvalue weighted by Gasteiger charge is 2.09. The molecule has 0 saturated heterocycles. The van der Waals surface area contributed by atoms with Gasteiger partial charge in [0.2, 0.25) is 0 Å². The lowest BCUT2D eigenvalue weighted by atomic mass is 10.0. The molecule has 0 aliphatic rings. The van der Waals surface area contributed by atoms with Crippen molar-refractivity contribution in [3.05, 3.63) is 59.2 Å². The first-order chi connectivity index (χ1) is 10.5. The van der Waals surface area contributed by atoms with E-state index in [0.29, 0.717) is 23.9 Å². The van der Waals surface area contributed by atoms with Crippen molar-refractivity contribution in [2.45, 2.75) is 26.3 Å². The maximum Gasteiger partial charge on any atom is 0.335 e. The predicted molar refractivity (Wildman–Crippen MR) is 87.8 cm³/mol. The fraction of sp³-hybridized carbons (Fsp3) is 0.278. The standard InChI is InChI=1S/C18H21NO3/c1-12(2)14-6-4-13(5-7-14)11-19-16-10-15(18(20)21)8-9-17(16)22-3/h4-10,12,19H,11H2,1-3H3,(H,20,21). The van der Waals surface area contributed by atoms with Gasteiger partial charge in [-0.05, 0) is 35.2 Å². The lowest BCUT2D eigenvalue weighted by Gasteiger charge is -2.13. The van der Waals surface area contributed by atoms with E-state index < -0.39 is 5.97 Å². The number of carbonyl (C=O) groups is 1. The summed E-state index contributed by atoms with van der Waals surface area (Å²) in [6, 6.07) is 13.2. The lowest BCUT2D eigenvalue weighted by molar-refractivity contribution is 0.0697. The fourth-order valence-corrected chi connectivity index (χ4v) is 2.20. The highest BCUT2D eigenvalue weighted by atomic mass is 16.5. The Morgan fingerprint density at radius 1 is 1.18 bits per heavy atom. The van der Waals surface area contributed by atoms with Crippen LogP contribution in [-0.4, -0.2) is 18.2 Å². The van der Waals surface area contributed by atoms with E-state index in [1.54, 1.807) is 19.2 Å². The van der Waals surface area contributed by atoms with E-state index >= 15 is 0 Å². The molecule has 0 saturated carbocycles. The number of ether oxygens (including phenoxy) is 1. The maximum atomic E-state index is 11.1. The van der Waals surface area contributed by atoms with Crippen LogP contribution < -0.4 is 10.1 Å². The lowest BCUT2D eigenvalue weighted by Crippen LogP contribution is -2.04. The number of methoxy groups -OCH3 is 1. The summed E-state index contributed by atoms with van der Waals surface area (Å²) in [5.74, 6) is 0.185. The summed E-state index contributed by atoms with van der Waals surface area (Å²) in [6.07, 6.45) is 0. The number of aromatic carboxylic acids is 1. The van der Waals surface area contributed by atoms with Crippen molar-refractivity contribution < 1.29 is 14.6 Å². The minimum absolute atomic E-state index is 0.235. The van der Waals surface area contributed by atoms with E-state index in [0.717, 1.165) is 5.56 Å².